The standard InChI is InChI=1S/C15H26BrN3O/c1-8-17-13-10(16)12(15(4,5)6)18-14(19-13)11(20-7)9(2)3/h9,11H,8H2,1-7H3,(H,17,18,19). The van der Waals surface area contributed by atoms with E-state index in [2.05, 4.69) is 67.8 Å². The molecule has 1 rings (SSSR count). The number of methoxy groups -OCH3 is 1. The van der Waals surface area contributed by atoms with E-state index in [0.717, 1.165) is 28.4 Å². The Labute approximate surface area is 130 Å². The average Bonchev–Trinajstić information content (AvgIpc) is 2.32. The maximum absolute atomic E-state index is 5.57. The first-order valence-corrected chi connectivity index (χ1v) is 7.86. The van der Waals surface area contributed by atoms with Crippen LogP contribution in [0.1, 0.15) is 59.2 Å². The largest absolute Gasteiger partial charge is 0.373 e. The van der Waals surface area contributed by atoms with Gasteiger partial charge < -0.3 is 10.1 Å². The summed E-state index contributed by atoms with van der Waals surface area (Å²) >= 11 is 3.63. The average molecular weight is 344 g/mol. The van der Waals surface area contributed by atoms with Crippen molar-refractivity contribution in [2.24, 2.45) is 5.92 Å². The second kappa shape index (κ2) is 6.85. The Bertz CT molecular complexity index is 455. The molecule has 0 bridgehead atoms. The fraction of sp³-hybridized carbons (Fsp3) is 0.733. The predicted octanol–water partition coefficient (Wildman–Crippen LogP) is 4.31. The van der Waals surface area contributed by atoms with E-state index >= 15 is 0 Å². The van der Waals surface area contributed by atoms with Crippen LogP contribution in [0.3, 0.4) is 0 Å². The van der Waals surface area contributed by atoms with Gasteiger partial charge in [-0.2, -0.15) is 0 Å². The number of nitrogens with one attached hydrogen (secondary N) is 1. The van der Waals surface area contributed by atoms with Gasteiger partial charge in [0.25, 0.3) is 0 Å². The highest BCUT2D eigenvalue weighted by Gasteiger charge is 2.26. The molecule has 1 unspecified atom stereocenters. The summed E-state index contributed by atoms with van der Waals surface area (Å²) in [5.41, 5.74) is 0.942. The van der Waals surface area contributed by atoms with Crippen molar-refractivity contribution in [1.82, 2.24) is 9.97 Å². The number of ether oxygens (including phenoxy) is 1. The Balaban J connectivity index is 3.43. The molecule has 1 heterocycles. The third kappa shape index (κ3) is 3.92. The van der Waals surface area contributed by atoms with Crippen molar-refractivity contribution < 1.29 is 4.74 Å². The molecule has 0 aliphatic carbocycles. The van der Waals surface area contributed by atoms with E-state index in [1.165, 1.54) is 0 Å². The molecular formula is C15H26BrN3O. The zero-order valence-electron chi connectivity index (χ0n) is 13.5. The van der Waals surface area contributed by atoms with Crippen LogP contribution in [-0.2, 0) is 10.2 Å². The quantitative estimate of drug-likeness (QED) is 0.865. The van der Waals surface area contributed by atoms with Crippen molar-refractivity contribution in [1.29, 1.82) is 0 Å². The van der Waals surface area contributed by atoms with E-state index in [0.29, 0.717) is 5.92 Å². The number of aromatic nitrogens is 2. The van der Waals surface area contributed by atoms with Crippen LogP contribution in [0.15, 0.2) is 4.47 Å². The summed E-state index contributed by atoms with van der Waals surface area (Å²) < 4.78 is 6.51. The molecule has 0 aliphatic heterocycles. The van der Waals surface area contributed by atoms with Crippen LogP contribution in [0, 0.1) is 5.92 Å². The van der Waals surface area contributed by atoms with Crippen LogP contribution in [0.5, 0.6) is 0 Å². The molecule has 5 heteroatoms. The smallest absolute Gasteiger partial charge is 0.160 e. The molecule has 0 saturated heterocycles. The molecule has 20 heavy (non-hydrogen) atoms. The van der Waals surface area contributed by atoms with Gasteiger partial charge in [-0.3, -0.25) is 0 Å². The zero-order chi connectivity index (χ0) is 15.5. The van der Waals surface area contributed by atoms with Gasteiger partial charge in [0.15, 0.2) is 5.82 Å². The lowest BCUT2D eigenvalue weighted by Gasteiger charge is -2.25. The number of hydrogen-bond donors (Lipinski definition) is 1. The van der Waals surface area contributed by atoms with Crippen molar-refractivity contribution >= 4 is 21.7 Å². The summed E-state index contributed by atoms with van der Waals surface area (Å²) in [6.45, 7) is 13.6. The first kappa shape index (κ1) is 17.4. The maximum atomic E-state index is 5.57. The van der Waals surface area contributed by atoms with Crippen LogP contribution in [0.25, 0.3) is 0 Å². The normalized spacial score (nSPS) is 13.7. The fourth-order valence-corrected chi connectivity index (χ4v) is 2.96. The van der Waals surface area contributed by atoms with Crippen molar-refractivity contribution in [3.63, 3.8) is 0 Å². The van der Waals surface area contributed by atoms with Crippen molar-refractivity contribution in [2.75, 3.05) is 19.0 Å². The molecule has 0 amide bonds. The summed E-state index contributed by atoms with van der Waals surface area (Å²) in [7, 11) is 1.71. The topological polar surface area (TPSA) is 47.0 Å². The van der Waals surface area contributed by atoms with E-state index in [1.54, 1.807) is 7.11 Å². The van der Waals surface area contributed by atoms with E-state index in [9.17, 15) is 0 Å². The van der Waals surface area contributed by atoms with Gasteiger partial charge in [0.2, 0.25) is 0 Å². The van der Waals surface area contributed by atoms with E-state index in [-0.39, 0.29) is 11.5 Å². The molecule has 1 atom stereocenters. The van der Waals surface area contributed by atoms with Crippen molar-refractivity contribution in [3.8, 4) is 0 Å². The summed E-state index contributed by atoms with van der Waals surface area (Å²) in [5, 5.41) is 3.29. The maximum Gasteiger partial charge on any atom is 0.160 e. The molecule has 1 N–H and O–H groups in total. The summed E-state index contributed by atoms with van der Waals surface area (Å²) in [6.07, 6.45) is -0.0957. The fourth-order valence-electron chi connectivity index (χ4n) is 2.05. The van der Waals surface area contributed by atoms with Gasteiger partial charge in [-0.25, -0.2) is 9.97 Å². The van der Waals surface area contributed by atoms with Gasteiger partial charge in [-0.1, -0.05) is 34.6 Å². The molecule has 0 fully saturated rings. The Morgan fingerprint density at radius 1 is 1.25 bits per heavy atom. The molecule has 4 nitrogen and oxygen atoms in total. The van der Waals surface area contributed by atoms with Crippen LogP contribution in [0.4, 0.5) is 5.82 Å². The zero-order valence-corrected chi connectivity index (χ0v) is 15.1. The van der Waals surface area contributed by atoms with E-state index in [1.807, 2.05) is 0 Å². The summed E-state index contributed by atoms with van der Waals surface area (Å²) in [6, 6.07) is 0. The van der Waals surface area contributed by atoms with Gasteiger partial charge in [-0.05, 0) is 28.8 Å². The van der Waals surface area contributed by atoms with Gasteiger partial charge in [0.1, 0.15) is 11.9 Å². The number of anilines is 1. The Morgan fingerprint density at radius 3 is 2.25 bits per heavy atom. The van der Waals surface area contributed by atoms with Gasteiger partial charge in [0, 0.05) is 19.1 Å². The Hall–Kier alpha value is -0.680. The summed E-state index contributed by atoms with van der Waals surface area (Å²) in [5.74, 6) is 1.90. The second-order valence-electron chi connectivity index (χ2n) is 6.27. The molecule has 1 aromatic rings. The van der Waals surface area contributed by atoms with Gasteiger partial charge >= 0.3 is 0 Å². The van der Waals surface area contributed by atoms with E-state index < -0.39 is 0 Å². The molecule has 114 valence electrons. The highest BCUT2D eigenvalue weighted by molar-refractivity contribution is 9.10. The minimum Gasteiger partial charge on any atom is -0.373 e. The summed E-state index contributed by atoms with van der Waals surface area (Å²) in [4.78, 5) is 9.39. The third-order valence-electron chi connectivity index (χ3n) is 3.04. The predicted molar refractivity (Wildman–Crippen MR) is 87.2 cm³/mol. The molecular weight excluding hydrogens is 318 g/mol. The Morgan fingerprint density at radius 2 is 1.85 bits per heavy atom. The third-order valence-corrected chi connectivity index (χ3v) is 3.79. The SMILES string of the molecule is CCNc1nc(C(OC)C(C)C)nc(C(C)(C)C)c1Br. The van der Waals surface area contributed by atoms with Crippen molar-refractivity contribution in [2.45, 2.75) is 53.1 Å². The van der Waals surface area contributed by atoms with E-state index in [4.69, 9.17) is 9.72 Å². The lowest BCUT2D eigenvalue weighted by molar-refractivity contribution is 0.0572. The molecule has 1 aromatic heterocycles. The lowest BCUT2D eigenvalue weighted by Crippen LogP contribution is -2.21. The molecule has 0 radical (unpaired) electrons. The van der Waals surface area contributed by atoms with Gasteiger partial charge in [-0.15, -0.1) is 0 Å². The second-order valence-corrected chi connectivity index (χ2v) is 7.07. The number of nitrogens with zero attached hydrogens (tertiary/aromatic N) is 2. The Kier molecular flexibility index (Phi) is 5.95. The van der Waals surface area contributed by atoms with Crippen LogP contribution in [0.2, 0.25) is 0 Å². The first-order valence-electron chi connectivity index (χ1n) is 7.06. The highest BCUT2D eigenvalue weighted by atomic mass is 79.9. The first-order chi connectivity index (χ1) is 9.22. The molecule has 0 saturated carbocycles. The minimum atomic E-state index is -0.0957. The molecule has 0 spiro atoms. The van der Waals surface area contributed by atoms with Crippen LogP contribution >= 0.6 is 15.9 Å². The highest BCUT2D eigenvalue weighted by Crippen LogP contribution is 2.34. The number of rotatable bonds is 5. The van der Waals surface area contributed by atoms with Crippen molar-refractivity contribution in [3.05, 3.63) is 16.0 Å². The minimum absolute atomic E-state index is 0.0596. The van der Waals surface area contributed by atoms with Gasteiger partial charge in [0.05, 0.1) is 10.2 Å². The molecule has 0 aromatic carbocycles. The molecule has 0 aliphatic rings. The van der Waals surface area contributed by atoms with Crippen LogP contribution in [-0.4, -0.2) is 23.6 Å². The van der Waals surface area contributed by atoms with Crippen LogP contribution < -0.4 is 5.32 Å². The lowest BCUT2D eigenvalue weighted by atomic mass is 9.91. The number of halogens is 1. The monoisotopic (exact) mass is 343 g/mol. The number of hydrogen-bond acceptors (Lipinski definition) is 4.